The highest BCUT2D eigenvalue weighted by Crippen LogP contribution is 2.25. The molecule has 0 aliphatic carbocycles. The van der Waals surface area contributed by atoms with Gasteiger partial charge in [-0.2, -0.15) is 0 Å². The van der Waals surface area contributed by atoms with Crippen LogP contribution in [-0.4, -0.2) is 21.4 Å². The summed E-state index contributed by atoms with van der Waals surface area (Å²) in [5, 5.41) is 3.01. The van der Waals surface area contributed by atoms with Crippen LogP contribution in [0.5, 0.6) is 5.75 Å². The minimum atomic E-state index is -3.81. The van der Waals surface area contributed by atoms with Crippen molar-refractivity contribution in [1.29, 1.82) is 0 Å². The summed E-state index contributed by atoms with van der Waals surface area (Å²) < 4.78 is 32.7. The van der Waals surface area contributed by atoms with Gasteiger partial charge in [-0.25, -0.2) is 8.42 Å². The van der Waals surface area contributed by atoms with Crippen molar-refractivity contribution in [3.05, 3.63) is 83.4 Å². The zero-order chi connectivity index (χ0) is 20.1. The van der Waals surface area contributed by atoms with E-state index in [4.69, 9.17) is 16.3 Å². The average Bonchev–Trinajstić information content (AvgIpc) is 2.70. The van der Waals surface area contributed by atoms with E-state index in [1.54, 1.807) is 48.5 Å². The van der Waals surface area contributed by atoms with Gasteiger partial charge in [-0.05, 0) is 48.5 Å². The van der Waals surface area contributed by atoms with Crippen molar-refractivity contribution in [3.8, 4) is 5.75 Å². The Morgan fingerprint density at radius 2 is 1.57 bits per heavy atom. The van der Waals surface area contributed by atoms with Crippen molar-refractivity contribution in [2.75, 3.05) is 17.1 Å². The van der Waals surface area contributed by atoms with E-state index in [1.807, 2.05) is 0 Å². The Bertz CT molecular complexity index is 1100. The number of hydrogen-bond acceptors (Lipinski definition) is 4. The molecule has 8 heteroatoms. The first-order valence-corrected chi connectivity index (χ1v) is 10.1. The SMILES string of the molecule is COc1ccccc1C(=O)Nc1ccc(S(=O)(=O)Nc2ccccc2Cl)cc1. The molecule has 0 radical (unpaired) electrons. The first-order chi connectivity index (χ1) is 13.4. The summed E-state index contributed by atoms with van der Waals surface area (Å²) in [5.74, 6) is 0.0883. The predicted octanol–water partition coefficient (Wildman–Crippen LogP) is 4.40. The van der Waals surface area contributed by atoms with Gasteiger partial charge in [0.05, 0.1) is 28.3 Å². The molecule has 1 amide bonds. The lowest BCUT2D eigenvalue weighted by atomic mass is 10.2. The lowest BCUT2D eigenvalue weighted by Gasteiger charge is -2.11. The molecule has 3 aromatic rings. The zero-order valence-corrected chi connectivity index (χ0v) is 16.4. The summed E-state index contributed by atoms with van der Waals surface area (Å²) in [5.41, 5.74) is 1.12. The lowest BCUT2D eigenvalue weighted by Crippen LogP contribution is -2.15. The molecule has 0 aliphatic rings. The second-order valence-electron chi connectivity index (χ2n) is 5.76. The zero-order valence-electron chi connectivity index (χ0n) is 14.8. The third kappa shape index (κ3) is 4.44. The van der Waals surface area contributed by atoms with E-state index in [1.165, 1.54) is 31.4 Å². The van der Waals surface area contributed by atoms with Gasteiger partial charge in [0.2, 0.25) is 0 Å². The second-order valence-corrected chi connectivity index (χ2v) is 7.85. The van der Waals surface area contributed by atoms with Crippen LogP contribution in [0.25, 0.3) is 0 Å². The molecular formula is C20H17ClN2O4S. The maximum atomic E-state index is 12.5. The van der Waals surface area contributed by atoms with Crippen LogP contribution in [0.1, 0.15) is 10.4 Å². The van der Waals surface area contributed by atoms with Gasteiger partial charge in [-0.15, -0.1) is 0 Å². The number of halogens is 1. The van der Waals surface area contributed by atoms with E-state index in [0.717, 1.165) is 0 Å². The molecule has 0 saturated heterocycles. The normalized spacial score (nSPS) is 10.9. The first-order valence-electron chi connectivity index (χ1n) is 8.22. The number of hydrogen-bond donors (Lipinski definition) is 2. The molecule has 0 atom stereocenters. The van der Waals surface area contributed by atoms with Crippen molar-refractivity contribution in [1.82, 2.24) is 0 Å². The molecule has 144 valence electrons. The van der Waals surface area contributed by atoms with Gasteiger partial charge < -0.3 is 10.1 Å². The molecule has 6 nitrogen and oxygen atoms in total. The van der Waals surface area contributed by atoms with Crippen LogP contribution in [0.15, 0.2) is 77.7 Å². The molecule has 2 N–H and O–H groups in total. The number of carbonyl (C=O) groups excluding carboxylic acids is 1. The maximum Gasteiger partial charge on any atom is 0.261 e. The molecule has 3 rings (SSSR count). The molecule has 0 bridgehead atoms. The number of carbonyl (C=O) groups is 1. The number of anilines is 2. The van der Waals surface area contributed by atoms with Gasteiger partial charge in [-0.1, -0.05) is 35.9 Å². The van der Waals surface area contributed by atoms with Gasteiger partial charge in [0.25, 0.3) is 15.9 Å². The quantitative estimate of drug-likeness (QED) is 0.623. The topological polar surface area (TPSA) is 84.5 Å². The first kappa shape index (κ1) is 19.7. The van der Waals surface area contributed by atoms with E-state index < -0.39 is 10.0 Å². The van der Waals surface area contributed by atoms with Gasteiger partial charge >= 0.3 is 0 Å². The van der Waals surface area contributed by atoms with E-state index in [2.05, 4.69) is 10.0 Å². The molecule has 28 heavy (non-hydrogen) atoms. The van der Waals surface area contributed by atoms with E-state index in [9.17, 15) is 13.2 Å². The summed E-state index contributed by atoms with van der Waals surface area (Å²) in [6.07, 6.45) is 0. The van der Waals surface area contributed by atoms with Crippen molar-refractivity contribution in [2.45, 2.75) is 4.90 Å². The summed E-state index contributed by atoms with van der Waals surface area (Å²) >= 11 is 6.00. The lowest BCUT2D eigenvalue weighted by molar-refractivity contribution is 0.102. The number of nitrogens with one attached hydrogen (secondary N) is 2. The standard InChI is InChI=1S/C20H17ClN2O4S/c1-27-19-9-5-2-6-16(19)20(24)22-14-10-12-15(13-11-14)28(25,26)23-18-8-4-3-7-17(18)21/h2-13,23H,1H3,(H,22,24). The minimum absolute atomic E-state index is 0.0442. The van der Waals surface area contributed by atoms with Crippen molar-refractivity contribution in [3.63, 3.8) is 0 Å². The molecule has 0 spiro atoms. The van der Waals surface area contributed by atoms with Gasteiger partial charge in [0, 0.05) is 5.69 Å². The third-order valence-electron chi connectivity index (χ3n) is 3.89. The number of methoxy groups -OCH3 is 1. The number of sulfonamides is 1. The molecule has 0 unspecified atom stereocenters. The highest BCUT2D eigenvalue weighted by molar-refractivity contribution is 7.92. The molecule has 0 aliphatic heterocycles. The highest BCUT2D eigenvalue weighted by Gasteiger charge is 2.16. The Morgan fingerprint density at radius 1 is 0.929 bits per heavy atom. The van der Waals surface area contributed by atoms with Gasteiger partial charge in [0.15, 0.2) is 0 Å². The van der Waals surface area contributed by atoms with E-state index >= 15 is 0 Å². The molecule has 0 aromatic heterocycles. The molecular weight excluding hydrogens is 400 g/mol. The van der Waals surface area contributed by atoms with Crippen LogP contribution in [-0.2, 0) is 10.0 Å². The van der Waals surface area contributed by atoms with Crippen LogP contribution in [0.2, 0.25) is 5.02 Å². The number of ether oxygens (including phenoxy) is 1. The van der Waals surface area contributed by atoms with E-state index in [0.29, 0.717) is 22.0 Å². The summed E-state index contributed by atoms with van der Waals surface area (Å²) in [7, 11) is -2.33. The van der Waals surface area contributed by atoms with Crippen molar-refractivity contribution < 1.29 is 17.9 Å². The van der Waals surface area contributed by atoms with Crippen LogP contribution in [0.3, 0.4) is 0 Å². The smallest absolute Gasteiger partial charge is 0.261 e. The molecule has 3 aromatic carbocycles. The summed E-state index contributed by atoms with van der Waals surface area (Å²) in [6.45, 7) is 0. The maximum absolute atomic E-state index is 12.5. The number of benzene rings is 3. The highest BCUT2D eigenvalue weighted by atomic mass is 35.5. The van der Waals surface area contributed by atoms with Crippen molar-refractivity contribution in [2.24, 2.45) is 0 Å². The van der Waals surface area contributed by atoms with Crippen LogP contribution >= 0.6 is 11.6 Å². The third-order valence-corrected chi connectivity index (χ3v) is 5.60. The van der Waals surface area contributed by atoms with Gasteiger partial charge in [0.1, 0.15) is 5.75 Å². The Balaban J connectivity index is 1.76. The molecule has 0 fully saturated rings. The Hall–Kier alpha value is -3.03. The fourth-order valence-electron chi connectivity index (χ4n) is 2.50. The molecule has 0 heterocycles. The predicted molar refractivity (Wildman–Crippen MR) is 110 cm³/mol. The summed E-state index contributed by atoms with van der Waals surface area (Å²) in [4.78, 5) is 12.5. The van der Waals surface area contributed by atoms with E-state index in [-0.39, 0.29) is 16.5 Å². The van der Waals surface area contributed by atoms with Crippen LogP contribution < -0.4 is 14.8 Å². The Kier molecular flexibility index (Phi) is 5.87. The second kappa shape index (κ2) is 8.33. The number of rotatable bonds is 6. The van der Waals surface area contributed by atoms with Gasteiger partial charge in [-0.3, -0.25) is 9.52 Å². The largest absolute Gasteiger partial charge is 0.496 e. The summed E-state index contributed by atoms with van der Waals surface area (Å²) in [6, 6.07) is 19.2. The van der Waals surface area contributed by atoms with Crippen LogP contribution in [0, 0.1) is 0 Å². The molecule has 0 saturated carbocycles. The van der Waals surface area contributed by atoms with Crippen molar-refractivity contribution >= 4 is 38.9 Å². The Labute approximate surface area is 168 Å². The number of amides is 1. The fraction of sp³-hybridized carbons (Fsp3) is 0.0500. The average molecular weight is 417 g/mol. The minimum Gasteiger partial charge on any atom is -0.496 e. The monoisotopic (exact) mass is 416 g/mol. The van der Waals surface area contributed by atoms with Crippen LogP contribution in [0.4, 0.5) is 11.4 Å². The fourth-order valence-corrected chi connectivity index (χ4v) is 3.81. The Morgan fingerprint density at radius 3 is 2.25 bits per heavy atom. The number of para-hydroxylation sites is 2.